The number of likely N-dealkylation sites (tertiary alicyclic amines) is 1. The summed E-state index contributed by atoms with van der Waals surface area (Å²) in [6.07, 6.45) is 3.68. The topological polar surface area (TPSA) is 43.8 Å². The van der Waals surface area contributed by atoms with E-state index in [0.717, 1.165) is 43.7 Å². The highest BCUT2D eigenvalue weighted by atomic mass is 19.1. The van der Waals surface area contributed by atoms with Gasteiger partial charge >= 0.3 is 0 Å². The molecule has 0 atom stereocenters. The van der Waals surface area contributed by atoms with Crippen LogP contribution in [0.1, 0.15) is 28.8 Å². The average molecular weight is 366 g/mol. The molecule has 0 aromatic heterocycles. The number of halogens is 1. The third kappa shape index (κ3) is 3.02. The number of aromatic hydroxyl groups is 1. The summed E-state index contributed by atoms with van der Waals surface area (Å²) in [5.74, 6) is -0.642. The molecule has 0 bridgehead atoms. The Hall–Kier alpha value is -2.66. The zero-order valence-electron chi connectivity index (χ0n) is 15.2. The number of anilines is 1. The van der Waals surface area contributed by atoms with Gasteiger partial charge in [-0.15, -0.1) is 6.58 Å². The summed E-state index contributed by atoms with van der Waals surface area (Å²) in [7, 11) is 0. The van der Waals surface area contributed by atoms with Gasteiger partial charge in [0.05, 0.1) is 5.56 Å². The predicted molar refractivity (Wildman–Crippen MR) is 104 cm³/mol. The highest BCUT2D eigenvalue weighted by Gasteiger charge is 2.46. The van der Waals surface area contributed by atoms with Crippen molar-refractivity contribution in [1.82, 2.24) is 4.90 Å². The zero-order chi connectivity index (χ0) is 19.0. The van der Waals surface area contributed by atoms with Crippen LogP contribution in [0.5, 0.6) is 5.75 Å². The van der Waals surface area contributed by atoms with Gasteiger partial charge < -0.3 is 10.0 Å². The Labute approximate surface area is 158 Å². The summed E-state index contributed by atoms with van der Waals surface area (Å²) in [5, 5.41) is 10.0. The smallest absolute Gasteiger partial charge is 0.261 e. The lowest BCUT2D eigenvalue weighted by molar-refractivity contribution is 0.0974. The first-order valence-electron chi connectivity index (χ1n) is 9.27. The maximum Gasteiger partial charge on any atom is 0.261 e. The van der Waals surface area contributed by atoms with Gasteiger partial charge in [-0.25, -0.2) is 4.39 Å². The van der Waals surface area contributed by atoms with E-state index in [0.29, 0.717) is 6.54 Å². The number of carbonyl (C=O) groups excluding carboxylic acids is 1. The van der Waals surface area contributed by atoms with Gasteiger partial charge in [0.1, 0.15) is 11.6 Å². The quantitative estimate of drug-likeness (QED) is 0.842. The molecule has 2 aliphatic rings. The summed E-state index contributed by atoms with van der Waals surface area (Å²) >= 11 is 0. The van der Waals surface area contributed by atoms with E-state index in [1.54, 1.807) is 35.2 Å². The molecule has 0 unspecified atom stereocenters. The standard InChI is InChI=1S/C22H23FN2O2/c1-2-11-24-12-9-22(10-13-24)15-25(20-8-7-16(26)14-18(20)22)21(27)17-5-3-4-6-19(17)23/h2-8,14,26H,1,9-13,15H2. The van der Waals surface area contributed by atoms with Crippen LogP contribution in [-0.2, 0) is 5.41 Å². The molecule has 2 aromatic carbocycles. The summed E-state index contributed by atoms with van der Waals surface area (Å²) in [6, 6.07) is 11.2. The van der Waals surface area contributed by atoms with Crippen LogP contribution in [0.3, 0.4) is 0 Å². The molecule has 1 saturated heterocycles. The van der Waals surface area contributed by atoms with Crippen LogP contribution in [0, 0.1) is 5.82 Å². The molecule has 2 aromatic rings. The van der Waals surface area contributed by atoms with E-state index >= 15 is 0 Å². The number of phenols is 1. The van der Waals surface area contributed by atoms with Gasteiger partial charge in [-0.05, 0) is 61.8 Å². The fraction of sp³-hybridized carbons (Fsp3) is 0.318. The second kappa shape index (κ2) is 6.82. The van der Waals surface area contributed by atoms with Crippen molar-refractivity contribution in [2.45, 2.75) is 18.3 Å². The maximum absolute atomic E-state index is 14.2. The fourth-order valence-electron chi connectivity index (χ4n) is 4.39. The van der Waals surface area contributed by atoms with Crippen molar-refractivity contribution in [2.75, 3.05) is 31.1 Å². The highest BCUT2D eigenvalue weighted by molar-refractivity contribution is 6.08. The number of rotatable bonds is 3. The number of carbonyl (C=O) groups is 1. The molecule has 2 aliphatic heterocycles. The van der Waals surface area contributed by atoms with Crippen LogP contribution in [0.25, 0.3) is 0 Å². The lowest BCUT2D eigenvalue weighted by Crippen LogP contribution is -2.46. The Morgan fingerprint density at radius 3 is 2.67 bits per heavy atom. The summed E-state index contributed by atoms with van der Waals surface area (Å²) in [5.41, 5.74) is 1.65. The van der Waals surface area contributed by atoms with Gasteiger partial charge in [-0.2, -0.15) is 0 Å². The third-order valence-corrected chi connectivity index (χ3v) is 5.85. The Morgan fingerprint density at radius 2 is 1.96 bits per heavy atom. The molecule has 1 amide bonds. The molecule has 2 heterocycles. The average Bonchev–Trinajstić information content (AvgIpc) is 2.97. The molecule has 1 N–H and O–H groups in total. The third-order valence-electron chi connectivity index (χ3n) is 5.85. The second-order valence-electron chi connectivity index (χ2n) is 7.44. The minimum Gasteiger partial charge on any atom is -0.508 e. The summed E-state index contributed by atoms with van der Waals surface area (Å²) in [6.45, 7) is 6.98. The van der Waals surface area contributed by atoms with Gasteiger partial charge in [0, 0.05) is 24.2 Å². The molecular weight excluding hydrogens is 343 g/mol. The number of benzene rings is 2. The monoisotopic (exact) mass is 366 g/mol. The number of fused-ring (bicyclic) bond motifs is 2. The van der Waals surface area contributed by atoms with Crippen molar-refractivity contribution in [2.24, 2.45) is 0 Å². The molecule has 4 nitrogen and oxygen atoms in total. The summed E-state index contributed by atoms with van der Waals surface area (Å²) in [4.78, 5) is 17.1. The SMILES string of the molecule is C=CCN1CCC2(CC1)CN(C(=O)c1ccccc1F)c1ccc(O)cc12. The first kappa shape index (κ1) is 17.7. The lowest BCUT2D eigenvalue weighted by Gasteiger charge is -2.39. The van der Waals surface area contributed by atoms with Crippen LogP contribution < -0.4 is 4.90 Å². The molecular formula is C22H23FN2O2. The minimum atomic E-state index is -0.510. The van der Waals surface area contributed by atoms with E-state index in [2.05, 4.69) is 11.5 Å². The number of hydrogen-bond donors (Lipinski definition) is 1. The molecule has 1 fully saturated rings. The maximum atomic E-state index is 14.2. The summed E-state index contributed by atoms with van der Waals surface area (Å²) < 4.78 is 14.2. The van der Waals surface area contributed by atoms with Gasteiger partial charge in [0.25, 0.3) is 5.91 Å². The fourth-order valence-corrected chi connectivity index (χ4v) is 4.39. The molecule has 0 aliphatic carbocycles. The zero-order valence-corrected chi connectivity index (χ0v) is 15.2. The van der Waals surface area contributed by atoms with E-state index < -0.39 is 5.82 Å². The Balaban J connectivity index is 1.70. The van der Waals surface area contributed by atoms with Crippen LogP contribution in [-0.4, -0.2) is 42.1 Å². The van der Waals surface area contributed by atoms with Gasteiger partial charge in [0.2, 0.25) is 0 Å². The van der Waals surface area contributed by atoms with Gasteiger partial charge in [-0.3, -0.25) is 9.69 Å². The molecule has 27 heavy (non-hydrogen) atoms. The number of phenolic OH excluding ortho intramolecular Hbond substituents is 1. The molecule has 4 rings (SSSR count). The predicted octanol–water partition coefficient (Wildman–Crippen LogP) is 3.71. The van der Waals surface area contributed by atoms with Crippen LogP contribution in [0.4, 0.5) is 10.1 Å². The van der Waals surface area contributed by atoms with Crippen molar-refractivity contribution >= 4 is 11.6 Å². The molecule has 1 spiro atoms. The number of piperidine rings is 1. The van der Waals surface area contributed by atoms with Crippen molar-refractivity contribution in [3.05, 3.63) is 72.1 Å². The second-order valence-corrected chi connectivity index (χ2v) is 7.44. The van der Waals surface area contributed by atoms with Gasteiger partial charge in [-0.1, -0.05) is 18.2 Å². The van der Waals surface area contributed by atoms with Crippen LogP contribution >= 0.6 is 0 Å². The molecule has 140 valence electrons. The van der Waals surface area contributed by atoms with Crippen molar-refractivity contribution in [1.29, 1.82) is 0 Å². The van der Waals surface area contributed by atoms with Crippen LogP contribution in [0.2, 0.25) is 0 Å². The largest absolute Gasteiger partial charge is 0.508 e. The molecule has 0 saturated carbocycles. The lowest BCUT2D eigenvalue weighted by atomic mass is 9.74. The Kier molecular flexibility index (Phi) is 4.48. The highest BCUT2D eigenvalue weighted by Crippen LogP contribution is 2.48. The van der Waals surface area contributed by atoms with E-state index in [1.807, 2.05) is 6.08 Å². The Bertz CT molecular complexity index is 888. The molecule has 5 heteroatoms. The Morgan fingerprint density at radius 1 is 1.22 bits per heavy atom. The van der Waals surface area contributed by atoms with E-state index in [1.165, 1.54) is 12.1 Å². The van der Waals surface area contributed by atoms with Crippen molar-refractivity contribution in [3.63, 3.8) is 0 Å². The van der Waals surface area contributed by atoms with Crippen LogP contribution in [0.15, 0.2) is 55.1 Å². The van der Waals surface area contributed by atoms with Crippen molar-refractivity contribution in [3.8, 4) is 5.75 Å². The van der Waals surface area contributed by atoms with Crippen molar-refractivity contribution < 1.29 is 14.3 Å². The first-order valence-corrected chi connectivity index (χ1v) is 9.27. The number of nitrogens with zero attached hydrogens (tertiary/aromatic N) is 2. The van der Waals surface area contributed by atoms with Gasteiger partial charge in [0.15, 0.2) is 0 Å². The molecule has 0 radical (unpaired) electrons. The number of hydrogen-bond acceptors (Lipinski definition) is 3. The number of amides is 1. The minimum absolute atomic E-state index is 0.0812. The van der Waals surface area contributed by atoms with E-state index in [4.69, 9.17) is 0 Å². The normalized spacial score (nSPS) is 18.5. The van der Waals surface area contributed by atoms with E-state index in [9.17, 15) is 14.3 Å². The first-order chi connectivity index (χ1) is 13.0. The van der Waals surface area contributed by atoms with E-state index in [-0.39, 0.29) is 22.6 Å².